The second-order valence-electron chi connectivity index (χ2n) is 4.53. The van der Waals surface area contributed by atoms with Crippen LogP contribution in [0.3, 0.4) is 0 Å². The average Bonchev–Trinajstić information content (AvgIpc) is 2.57. The zero-order valence-electron chi connectivity index (χ0n) is 10.5. The Morgan fingerprint density at radius 2 is 2.06 bits per heavy atom. The van der Waals surface area contributed by atoms with Crippen LogP contribution in [-0.4, -0.2) is 48.0 Å². The van der Waals surface area contributed by atoms with E-state index in [1.807, 2.05) is 0 Å². The molecule has 100 valence electrons. The summed E-state index contributed by atoms with van der Waals surface area (Å²) >= 11 is 0. The number of aromatic nitrogens is 2. The third kappa shape index (κ3) is 2.13. The molecule has 0 unspecified atom stereocenters. The standard InChI is InChI=1S/C10H16N4O3S/c1-6-4-14(5-9(15)11-6)18(16,17)10-7(2)12-13-8(10)3/h6H,4-5H2,1-3H3,(H,11,15)(H,12,13)/t6-/m1/s1. The van der Waals surface area contributed by atoms with Gasteiger partial charge in [0.2, 0.25) is 15.9 Å². The molecule has 1 atom stereocenters. The van der Waals surface area contributed by atoms with Crippen molar-refractivity contribution >= 4 is 15.9 Å². The summed E-state index contributed by atoms with van der Waals surface area (Å²) in [5, 5.41) is 9.22. The monoisotopic (exact) mass is 272 g/mol. The maximum Gasteiger partial charge on any atom is 0.247 e. The van der Waals surface area contributed by atoms with Crippen molar-refractivity contribution in [1.29, 1.82) is 0 Å². The van der Waals surface area contributed by atoms with E-state index in [9.17, 15) is 13.2 Å². The van der Waals surface area contributed by atoms with Crippen LogP contribution in [0.2, 0.25) is 0 Å². The Morgan fingerprint density at radius 1 is 1.39 bits per heavy atom. The van der Waals surface area contributed by atoms with Gasteiger partial charge in [-0.05, 0) is 20.8 Å². The van der Waals surface area contributed by atoms with Gasteiger partial charge in [0.25, 0.3) is 0 Å². The van der Waals surface area contributed by atoms with Crippen molar-refractivity contribution in [1.82, 2.24) is 19.8 Å². The number of rotatable bonds is 2. The van der Waals surface area contributed by atoms with Crippen LogP contribution in [-0.2, 0) is 14.8 Å². The zero-order valence-corrected chi connectivity index (χ0v) is 11.3. The van der Waals surface area contributed by atoms with E-state index in [0.29, 0.717) is 11.4 Å². The molecule has 2 heterocycles. The first-order chi connectivity index (χ1) is 8.32. The molecular formula is C10H16N4O3S. The van der Waals surface area contributed by atoms with Crippen LogP contribution in [0.5, 0.6) is 0 Å². The molecule has 1 aromatic heterocycles. The maximum atomic E-state index is 12.5. The van der Waals surface area contributed by atoms with E-state index in [2.05, 4.69) is 15.5 Å². The molecule has 0 aliphatic carbocycles. The second kappa shape index (κ2) is 4.36. The van der Waals surface area contributed by atoms with Gasteiger partial charge in [-0.15, -0.1) is 0 Å². The van der Waals surface area contributed by atoms with Gasteiger partial charge in [0.15, 0.2) is 0 Å². The van der Waals surface area contributed by atoms with Gasteiger partial charge in [-0.2, -0.15) is 9.40 Å². The minimum Gasteiger partial charge on any atom is -0.351 e. The number of carbonyl (C=O) groups excluding carboxylic acids is 1. The molecule has 0 saturated carbocycles. The lowest BCUT2D eigenvalue weighted by molar-refractivity contribution is -0.123. The predicted octanol–water partition coefficient (Wildman–Crippen LogP) is -0.464. The largest absolute Gasteiger partial charge is 0.351 e. The molecule has 8 heteroatoms. The van der Waals surface area contributed by atoms with Crippen LogP contribution in [0.4, 0.5) is 0 Å². The van der Waals surface area contributed by atoms with Crippen molar-refractivity contribution < 1.29 is 13.2 Å². The molecule has 0 radical (unpaired) electrons. The van der Waals surface area contributed by atoms with Crippen molar-refractivity contribution in [3.05, 3.63) is 11.4 Å². The minimum atomic E-state index is -3.67. The summed E-state index contributed by atoms with van der Waals surface area (Å²) < 4.78 is 26.1. The second-order valence-corrected chi connectivity index (χ2v) is 6.40. The number of hydrogen-bond acceptors (Lipinski definition) is 4. The summed E-state index contributed by atoms with van der Waals surface area (Å²) in [7, 11) is -3.67. The van der Waals surface area contributed by atoms with E-state index in [0.717, 1.165) is 0 Å². The first-order valence-corrected chi connectivity index (χ1v) is 7.07. The molecule has 7 nitrogen and oxygen atoms in total. The van der Waals surface area contributed by atoms with Crippen LogP contribution in [0.25, 0.3) is 0 Å². The maximum absolute atomic E-state index is 12.5. The Labute approximate surface area is 106 Å². The third-order valence-corrected chi connectivity index (χ3v) is 4.94. The fourth-order valence-corrected chi connectivity index (χ4v) is 3.95. The molecular weight excluding hydrogens is 256 g/mol. The number of nitrogens with one attached hydrogen (secondary N) is 2. The molecule has 1 aromatic rings. The van der Waals surface area contributed by atoms with Gasteiger partial charge in [-0.3, -0.25) is 9.89 Å². The van der Waals surface area contributed by atoms with Crippen LogP contribution in [0.1, 0.15) is 18.3 Å². The highest BCUT2D eigenvalue weighted by molar-refractivity contribution is 7.89. The molecule has 0 bridgehead atoms. The topological polar surface area (TPSA) is 95.2 Å². The van der Waals surface area contributed by atoms with E-state index in [4.69, 9.17) is 0 Å². The van der Waals surface area contributed by atoms with Gasteiger partial charge < -0.3 is 5.32 Å². The number of carbonyl (C=O) groups is 1. The molecule has 1 fully saturated rings. The molecule has 0 spiro atoms. The Kier molecular flexibility index (Phi) is 3.16. The van der Waals surface area contributed by atoms with Crippen molar-refractivity contribution in [2.24, 2.45) is 0 Å². The third-order valence-electron chi connectivity index (χ3n) is 2.86. The van der Waals surface area contributed by atoms with Gasteiger partial charge >= 0.3 is 0 Å². The van der Waals surface area contributed by atoms with Crippen LogP contribution < -0.4 is 5.32 Å². The number of aromatic amines is 1. The van der Waals surface area contributed by atoms with Crippen LogP contribution in [0, 0.1) is 13.8 Å². The SMILES string of the molecule is Cc1n[nH]c(C)c1S(=O)(=O)N1CC(=O)N[C@H](C)C1. The highest BCUT2D eigenvalue weighted by Crippen LogP contribution is 2.22. The molecule has 1 aliphatic rings. The molecule has 2 rings (SSSR count). The van der Waals surface area contributed by atoms with E-state index in [-0.39, 0.29) is 29.9 Å². The van der Waals surface area contributed by atoms with Crippen molar-refractivity contribution in [3.63, 3.8) is 0 Å². The lowest BCUT2D eigenvalue weighted by atomic mass is 10.3. The van der Waals surface area contributed by atoms with Gasteiger partial charge in [-0.25, -0.2) is 8.42 Å². The molecule has 0 aromatic carbocycles. The lowest BCUT2D eigenvalue weighted by Gasteiger charge is -2.30. The predicted molar refractivity (Wildman–Crippen MR) is 64.4 cm³/mol. The molecule has 2 N–H and O–H groups in total. The van der Waals surface area contributed by atoms with Crippen molar-refractivity contribution in [2.75, 3.05) is 13.1 Å². The number of amides is 1. The number of piperazine rings is 1. The number of hydrogen-bond donors (Lipinski definition) is 2. The van der Waals surface area contributed by atoms with Gasteiger partial charge in [-0.1, -0.05) is 0 Å². The Bertz CT molecular complexity index is 558. The number of sulfonamides is 1. The highest BCUT2D eigenvalue weighted by Gasteiger charge is 2.34. The molecule has 18 heavy (non-hydrogen) atoms. The summed E-state index contributed by atoms with van der Waals surface area (Å²) in [4.78, 5) is 11.6. The first kappa shape index (κ1) is 13.0. The van der Waals surface area contributed by atoms with Crippen molar-refractivity contribution in [2.45, 2.75) is 31.7 Å². The molecule has 1 saturated heterocycles. The summed E-state index contributed by atoms with van der Waals surface area (Å²) in [6.45, 7) is 5.19. The smallest absolute Gasteiger partial charge is 0.247 e. The minimum absolute atomic E-state index is 0.142. The average molecular weight is 272 g/mol. The van der Waals surface area contributed by atoms with Crippen molar-refractivity contribution in [3.8, 4) is 0 Å². The van der Waals surface area contributed by atoms with Gasteiger partial charge in [0.05, 0.1) is 17.9 Å². The Morgan fingerprint density at radius 3 is 2.56 bits per heavy atom. The van der Waals surface area contributed by atoms with E-state index in [1.54, 1.807) is 20.8 Å². The summed E-state index contributed by atoms with van der Waals surface area (Å²) in [5.74, 6) is -0.281. The van der Waals surface area contributed by atoms with Gasteiger partial charge in [0, 0.05) is 12.6 Å². The first-order valence-electron chi connectivity index (χ1n) is 5.63. The summed E-state index contributed by atoms with van der Waals surface area (Å²) in [6, 6.07) is -0.187. The molecule has 1 amide bonds. The fraction of sp³-hybridized carbons (Fsp3) is 0.600. The Hall–Kier alpha value is -1.41. The lowest BCUT2D eigenvalue weighted by Crippen LogP contribution is -2.54. The number of nitrogens with zero attached hydrogens (tertiary/aromatic N) is 2. The van der Waals surface area contributed by atoms with E-state index < -0.39 is 10.0 Å². The van der Waals surface area contributed by atoms with Crippen LogP contribution >= 0.6 is 0 Å². The van der Waals surface area contributed by atoms with Gasteiger partial charge in [0.1, 0.15) is 4.90 Å². The fourth-order valence-electron chi connectivity index (χ4n) is 2.13. The van der Waals surface area contributed by atoms with E-state index >= 15 is 0 Å². The number of H-pyrrole nitrogens is 1. The van der Waals surface area contributed by atoms with Crippen LogP contribution in [0.15, 0.2) is 4.90 Å². The zero-order chi connectivity index (χ0) is 13.5. The summed E-state index contributed by atoms with van der Waals surface area (Å²) in [6.07, 6.45) is 0. The Balaban J connectivity index is 2.40. The highest BCUT2D eigenvalue weighted by atomic mass is 32.2. The quantitative estimate of drug-likeness (QED) is 0.761. The normalized spacial score (nSPS) is 21.9. The van der Waals surface area contributed by atoms with E-state index in [1.165, 1.54) is 4.31 Å². The number of aryl methyl sites for hydroxylation is 2. The molecule has 1 aliphatic heterocycles. The summed E-state index contributed by atoms with van der Waals surface area (Å²) in [5.41, 5.74) is 0.914.